The van der Waals surface area contributed by atoms with Crippen molar-refractivity contribution in [1.29, 1.82) is 0 Å². The molecule has 1 aromatic heterocycles. The van der Waals surface area contributed by atoms with Crippen molar-refractivity contribution in [3.05, 3.63) is 69.4 Å². The van der Waals surface area contributed by atoms with E-state index in [4.69, 9.17) is 0 Å². The Hall–Kier alpha value is -3.29. The summed E-state index contributed by atoms with van der Waals surface area (Å²) in [6.07, 6.45) is 3.88. The molecule has 0 aliphatic heterocycles. The van der Waals surface area contributed by atoms with Gasteiger partial charge in [0, 0.05) is 30.5 Å². The van der Waals surface area contributed by atoms with Crippen molar-refractivity contribution in [2.24, 2.45) is 5.92 Å². The average molecular weight is 429 g/mol. The normalized spacial score (nSPS) is 13.8. The number of nitrogens with zero attached hydrogens (tertiary/aromatic N) is 1. The summed E-state index contributed by atoms with van der Waals surface area (Å²) in [5.74, 6) is 0.472. The Bertz CT molecular complexity index is 1090. The van der Waals surface area contributed by atoms with Crippen LogP contribution < -0.4 is 10.9 Å². The number of benzene rings is 1. The second kappa shape index (κ2) is 9.68. The van der Waals surface area contributed by atoms with E-state index < -0.39 is 6.61 Å². The first-order valence-corrected chi connectivity index (χ1v) is 10.1. The first-order valence-electron chi connectivity index (χ1n) is 10.1. The predicted molar refractivity (Wildman–Crippen MR) is 114 cm³/mol. The van der Waals surface area contributed by atoms with E-state index in [1.165, 1.54) is 12.1 Å². The van der Waals surface area contributed by atoms with Gasteiger partial charge < -0.3 is 15.0 Å². The van der Waals surface area contributed by atoms with E-state index >= 15 is 0 Å². The molecular formula is C23H25F2N3O3. The third kappa shape index (κ3) is 5.87. The van der Waals surface area contributed by atoms with Gasteiger partial charge in [0.1, 0.15) is 11.6 Å². The van der Waals surface area contributed by atoms with Crippen LogP contribution in [0.4, 0.5) is 8.78 Å². The zero-order chi connectivity index (χ0) is 22.5. The number of aryl methyl sites for hydroxylation is 1. The number of aromatic amines is 1. The van der Waals surface area contributed by atoms with Crippen LogP contribution in [0.1, 0.15) is 43.5 Å². The molecule has 1 heterocycles. The lowest BCUT2D eigenvalue weighted by Gasteiger charge is -2.16. The number of alkyl halides is 2. The van der Waals surface area contributed by atoms with Gasteiger partial charge in [-0.1, -0.05) is 32.1 Å². The molecule has 0 unspecified atom stereocenters. The highest BCUT2D eigenvalue weighted by Gasteiger charge is 2.16. The highest BCUT2D eigenvalue weighted by molar-refractivity contribution is 5.78. The molecule has 164 valence electrons. The molecule has 31 heavy (non-hydrogen) atoms. The summed E-state index contributed by atoms with van der Waals surface area (Å²) in [4.78, 5) is 31.5. The second-order valence-electron chi connectivity index (χ2n) is 7.70. The van der Waals surface area contributed by atoms with Gasteiger partial charge in [-0.05, 0) is 42.2 Å². The summed E-state index contributed by atoms with van der Waals surface area (Å²) >= 11 is 0. The minimum atomic E-state index is -2.86. The van der Waals surface area contributed by atoms with Crippen molar-refractivity contribution >= 4 is 11.5 Å². The molecule has 0 bridgehead atoms. The third-order valence-corrected chi connectivity index (χ3v) is 4.97. The van der Waals surface area contributed by atoms with Crippen molar-refractivity contribution in [3.63, 3.8) is 0 Å². The van der Waals surface area contributed by atoms with Crippen LogP contribution >= 0.6 is 0 Å². The van der Waals surface area contributed by atoms with Crippen molar-refractivity contribution in [3.8, 4) is 11.4 Å². The van der Waals surface area contributed by atoms with Crippen LogP contribution in [0.15, 0.2) is 47.0 Å². The number of amides is 1. The largest absolute Gasteiger partial charge is 0.439 e. The Kier molecular flexibility index (Phi) is 6.99. The average Bonchev–Trinajstić information content (AvgIpc) is 2.72. The number of allylic oxidation sites excluding steroid dienone is 4. The predicted octanol–water partition coefficient (Wildman–Crippen LogP) is 4.32. The fraction of sp³-hybridized carbons (Fsp3) is 0.348. The molecule has 1 amide bonds. The topological polar surface area (TPSA) is 84.1 Å². The smallest absolute Gasteiger partial charge is 0.387 e. The summed E-state index contributed by atoms with van der Waals surface area (Å²) in [6, 6.07) is 7.11. The van der Waals surface area contributed by atoms with Crippen LogP contribution in [0.2, 0.25) is 0 Å². The molecule has 0 saturated heterocycles. The molecule has 8 heteroatoms. The van der Waals surface area contributed by atoms with E-state index in [0.717, 1.165) is 22.3 Å². The minimum absolute atomic E-state index is 0.0388. The highest BCUT2D eigenvalue weighted by atomic mass is 19.3. The van der Waals surface area contributed by atoms with Gasteiger partial charge >= 0.3 is 6.61 Å². The summed E-state index contributed by atoms with van der Waals surface area (Å²) in [5.41, 5.74) is 3.51. The molecule has 1 aromatic carbocycles. The number of aromatic nitrogens is 2. The van der Waals surface area contributed by atoms with Crippen LogP contribution in [-0.2, 0) is 16.1 Å². The molecule has 0 atom stereocenters. The fourth-order valence-electron chi connectivity index (χ4n) is 3.22. The van der Waals surface area contributed by atoms with Gasteiger partial charge in [0.15, 0.2) is 0 Å². The number of hydrogen-bond donors (Lipinski definition) is 2. The summed E-state index contributed by atoms with van der Waals surface area (Å²) in [5, 5.41) is 2.88. The number of rotatable bonds is 7. The van der Waals surface area contributed by atoms with Crippen molar-refractivity contribution < 1.29 is 18.3 Å². The Morgan fingerprint density at radius 1 is 1.23 bits per heavy atom. The van der Waals surface area contributed by atoms with Gasteiger partial charge in [0.2, 0.25) is 5.91 Å². The van der Waals surface area contributed by atoms with Crippen LogP contribution in [0.3, 0.4) is 0 Å². The maximum Gasteiger partial charge on any atom is 0.387 e. The van der Waals surface area contributed by atoms with Crippen LogP contribution in [0.5, 0.6) is 0 Å². The molecule has 3 rings (SSSR count). The molecule has 0 saturated carbocycles. The van der Waals surface area contributed by atoms with Crippen LogP contribution in [-0.4, -0.2) is 22.5 Å². The van der Waals surface area contributed by atoms with Crippen LogP contribution in [0.25, 0.3) is 17.0 Å². The number of carbonyl (C=O) groups excluding carboxylic acids is 1. The minimum Gasteiger partial charge on any atom is -0.439 e. The van der Waals surface area contributed by atoms with E-state index in [0.29, 0.717) is 30.9 Å². The summed E-state index contributed by atoms with van der Waals surface area (Å²) in [7, 11) is 0. The van der Waals surface area contributed by atoms with E-state index in [9.17, 15) is 18.4 Å². The zero-order valence-electron chi connectivity index (χ0n) is 17.7. The first kappa shape index (κ1) is 22.4. The number of nitrogens with one attached hydrogen (secondary N) is 2. The molecule has 1 aliphatic carbocycles. The lowest BCUT2D eigenvalue weighted by Crippen LogP contribution is -2.27. The lowest BCUT2D eigenvalue weighted by atomic mass is 10.00. The Labute approximate surface area is 179 Å². The second-order valence-corrected chi connectivity index (χ2v) is 7.70. The monoisotopic (exact) mass is 429 g/mol. The number of ether oxygens (including phenoxy) is 1. The number of halogens is 2. The molecule has 0 spiro atoms. The number of H-pyrrole nitrogens is 1. The molecule has 2 aromatic rings. The number of hydrogen-bond acceptors (Lipinski definition) is 4. The van der Waals surface area contributed by atoms with E-state index in [1.807, 2.05) is 39.0 Å². The Morgan fingerprint density at radius 2 is 2.00 bits per heavy atom. The van der Waals surface area contributed by atoms with E-state index in [2.05, 4.69) is 20.0 Å². The third-order valence-electron chi connectivity index (χ3n) is 4.97. The zero-order valence-corrected chi connectivity index (χ0v) is 17.7. The number of carbonyl (C=O) groups is 1. The molecule has 2 N–H and O–H groups in total. The first-order chi connectivity index (χ1) is 14.7. The van der Waals surface area contributed by atoms with E-state index in [1.54, 1.807) is 6.08 Å². The maximum atomic E-state index is 12.4. The molecule has 1 aliphatic rings. The quantitative estimate of drug-likeness (QED) is 0.687. The van der Waals surface area contributed by atoms with Gasteiger partial charge in [0.25, 0.3) is 5.56 Å². The Balaban J connectivity index is 1.89. The SMILES string of the molecule is Cc1ccc(CNC(=O)C(C)C)cc1-c1nc(C2=CC=C(OC(F)F)CC2)cc(=O)[nH]1. The van der Waals surface area contributed by atoms with Crippen molar-refractivity contribution in [2.75, 3.05) is 0 Å². The van der Waals surface area contributed by atoms with Gasteiger partial charge in [-0.15, -0.1) is 0 Å². The van der Waals surface area contributed by atoms with Gasteiger partial charge in [-0.3, -0.25) is 9.59 Å². The Morgan fingerprint density at radius 3 is 2.65 bits per heavy atom. The summed E-state index contributed by atoms with van der Waals surface area (Å²) in [6.45, 7) is 3.08. The maximum absolute atomic E-state index is 12.4. The van der Waals surface area contributed by atoms with Gasteiger partial charge in [-0.25, -0.2) is 4.98 Å². The molecule has 6 nitrogen and oxygen atoms in total. The summed E-state index contributed by atoms with van der Waals surface area (Å²) < 4.78 is 29.2. The highest BCUT2D eigenvalue weighted by Crippen LogP contribution is 2.28. The molecule has 0 radical (unpaired) electrons. The van der Waals surface area contributed by atoms with Crippen molar-refractivity contribution in [2.45, 2.75) is 46.8 Å². The fourth-order valence-corrected chi connectivity index (χ4v) is 3.22. The van der Waals surface area contributed by atoms with Crippen molar-refractivity contribution in [1.82, 2.24) is 15.3 Å². The lowest BCUT2D eigenvalue weighted by molar-refractivity contribution is -0.124. The van der Waals surface area contributed by atoms with Gasteiger partial charge in [0.05, 0.1) is 5.69 Å². The van der Waals surface area contributed by atoms with Crippen LogP contribution in [0, 0.1) is 12.8 Å². The van der Waals surface area contributed by atoms with Gasteiger partial charge in [-0.2, -0.15) is 8.78 Å². The molecular weight excluding hydrogens is 404 g/mol. The van der Waals surface area contributed by atoms with E-state index in [-0.39, 0.29) is 23.1 Å². The standard InChI is InChI=1S/C23H25F2N3O3/c1-13(2)22(30)26-12-15-5-4-14(3)18(10-15)21-27-19(11-20(29)28-21)16-6-8-17(9-7-16)31-23(24)25/h4-6,8,10-11,13,23H,7,9,12H2,1-3H3,(H,26,30)(H,27,28,29). The molecule has 0 fully saturated rings.